The quantitative estimate of drug-likeness (QED) is 0.544. The smallest absolute Gasteiger partial charge is 0.186 e. The first-order valence-electron chi connectivity index (χ1n) is 7.28. The Kier molecular flexibility index (Phi) is 4.08. The van der Waals surface area contributed by atoms with E-state index in [4.69, 9.17) is 0 Å². The number of hydrogen-bond acceptors (Lipinski definition) is 5. The number of thioether (sulfide) groups is 1. The van der Waals surface area contributed by atoms with Gasteiger partial charge in [-0.1, -0.05) is 72.0 Å². The zero-order chi connectivity index (χ0) is 15.5. The van der Waals surface area contributed by atoms with Crippen molar-refractivity contribution in [3.8, 4) is 10.6 Å². The van der Waals surface area contributed by atoms with Crippen molar-refractivity contribution in [2.45, 2.75) is 11.5 Å². The molecule has 0 aliphatic heterocycles. The lowest BCUT2D eigenvalue weighted by atomic mass is 10.2. The molecule has 0 saturated carbocycles. The molecule has 0 atom stereocenters. The van der Waals surface area contributed by atoms with E-state index in [-0.39, 0.29) is 0 Å². The Morgan fingerprint density at radius 3 is 2.39 bits per heavy atom. The van der Waals surface area contributed by atoms with Gasteiger partial charge in [0.1, 0.15) is 5.01 Å². The fraction of sp³-hybridized carbons (Fsp3) is 0.118. The van der Waals surface area contributed by atoms with E-state index in [1.165, 1.54) is 5.56 Å². The van der Waals surface area contributed by atoms with Crippen molar-refractivity contribution in [3.63, 3.8) is 0 Å². The third kappa shape index (κ3) is 3.13. The average molecular weight is 338 g/mol. The second-order valence-electron chi connectivity index (χ2n) is 5.06. The highest BCUT2D eigenvalue weighted by atomic mass is 32.2. The van der Waals surface area contributed by atoms with E-state index in [1.807, 2.05) is 40.5 Å². The first kappa shape index (κ1) is 14.4. The molecule has 0 radical (unpaired) electrons. The van der Waals surface area contributed by atoms with Crippen LogP contribution in [0.5, 0.6) is 0 Å². The van der Waals surface area contributed by atoms with Gasteiger partial charge in [0, 0.05) is 11.3 Å². The molecular weight excluding hydrogens is 324 g/mol. The minimum atomic E-state index is 0.800. The molecule has 6 heteroatoms. The standard InChI is InChI=1S/C17H14N4S2/c1-3-7-13(8-4-1)11-22-12-15-18-19-17-21(15)20-16(23-17)14-9-5-2-6-10-14/h1-10H,11-12H2. The monoisotopic (exact) mass is 338 g/mol. The molecule has 2 heterocycles. The molecule has 0 saturated heterocycles. The summed E-state index contributed by atoms with van der Waals surface area (Å²) in [5, 5.41) is 14.1. The summed E-state index contributed by atoms with van der Waals surface area (Å²) < 4.78 is 1.87. The Labute approximate surface area is 142 Å². The maximum absolute atomic E-state index is 4.67. The number of fused-ring (bicyclic) bond motifs is 1. The molecule has 0 amide bonds. The van der Waals surface area contributed by atoms with Crippen LogP contribution in [-0.4, -0.2) is 19.8 Å². The van der Waals surface area contributed by atoms with Gasteiger partial charge in [0.15, 0.2) is 5.82 Å². The fourth-order valence-electron chi connectivity index (χ4n) is 2.28. The summed E-state index contributed by atoms with van der Waals surface area (Å²) in [5.41, 5.74) is 2.44. The summed E-state index contributed by atoms with van der Waals surface area (Å²) in [6.07, 6.45) is 0. The van der Waals surface area contributed by atoms with Crippen molar-refractivity contribution in [3.05, 3.63) is 72.1 Å². The van der Waals surface area contributed by atoms with Crippen LogP contribution in [0, 0.1) is 0 Å². The lowest BCUT2D eigenvalue weighted by Gasteiger charge is -1.99. The zero-order valence-corrected chi connectivity index (χ0v) is 13.9. The molecule has 0 unspecified atom stereocenters. The molecule has 0 aliphatic rings. The molecular formula is C17H14N4S2. The van der Waals surface area contributed by atoms with E-state index in [1.54, 1.807) is 11.3 Å². The number of nitrogens with zero attached hydrogens (tertiary/aromatic N) is 4. The summed E-state index contributed by atoms with van der Waals surface area (Å²) in [6.45, 7) is 0. The third-order valence-corrected chi connectivity index (χ3v) is 5.37. The molecule has 0 spiro atoms. The Balaban J connectivity index is 1.51. The summed E-state index contributed by atoms with van der Waals surface area (Å²) in [6, 6.07) is 20.6. The molecule has 0 N–H and O–H groups in total. The topological polar surface area (TPSA) is 43.1 Å². The summed E-state index contributed by atoms with van der Waals surface area (Å²) in [7, 11) is 0. The lowest BCUT2D eigenvalue weighted by Crippen LogP contribution is -1.94. The van der Waals surface area contributed by atoms with Gasteiger partial charge in [0.2, 0.25) is 4.96 Å². The second-order valence-corrected chi connectivity index (χ2v) is 7.00. The van der Waals surface area contributed by atoms with Crippen LogP contribution >= 0.6 is 23.1 Å². The molecule has 0 aliphatic carbocycles. The maximum atomic E-state index is 4.67. The number of aromatic nitrogens is 4. The van der Waals surface area contributed by atoms with Crippen LogP contribution in [0.4, 0.5) is 0 Å². The molecule has 4 nitrogen and oxygen atoms in total. The van der Waals surface area contributed by atoms with Crippen LogP contribution in [0.15, 0.2) is 60.7 Å². The predicted molar refractivity (Wildman–Crippen MR) is 95.5 cm³/mol. The normalized spacial score (nSPS) is 11.1. The minimum Gasteiger partial charge on any atom is -0.186 e. The van der Waals surface area contributed by atoms with Crippen molar-refractivity contribution in [1.29, 1.82) is 0 Å². The van der Waals surface area contributed by atoms with Gasteiger partial charge in [0.25, 0.3) is 0 Å². The van der Waals surface area contributed by atoms with Crippen LogP contribution in [0.1, 0.15) is 11.4 Å². The number of rotatable bonds is 5. The van der Waals surface area contributed by atoms with Crippen LogP contribution in [0.2, 0.25) is 0 Å². The molecule has 4 rings (SSSR count). The van der Waals surface area contributed by atoms with E-state index < -0.39 is 0 Å². The van der Waals surface area contributed by atoms with Crippen LogP contribution < -0.4 is 0 Å². The summed E-state index contributed by atoms with van der Waals surface area (Å²) in [4.78, 5) is 0.846. The molecule has 114 valence electrons. The van der Waals surface area contributed by atoms with Crippen LogP contribution in [0.25, 0.3) is 15.5 Å². The molecule has 2 aromatic heterocycles. The van der Waals surface area contributed by atoms with E-state index in [9.17, 15) is 0 Å². The van der Waals surface area contributed by atoms with E-state index in [0.717, 1.165) is 32.9 Å². The number of hydrogen-bond donors (Lipinski definition) is 0. The zero-order valence-electron chi connectivity index (χ0n) is 12.3. The summed E-state index contributed by atoms with van der Waals surface area (Å²) in [5.74, 6) is 2.67. The molecule has 0 bridgehead atoms. The van der Waals surface area contributed by atoms with Gasteiger partial charge in [-0.05, 0) is 5.56 Å². The van der Waals surface area contributed by atoms with Crippen molar-refractivity contribution in [2.75, 3.05) is 0 Å². The van der Waals surface area contributed by atoms with E-state index in [0.29, 0.717) is 0 Å². The summed E-state index contributed by atoms with van der Waals surface area (Å²) >= 11 is 3.40. The van der Waals surface area contributed by atoms with Crippen molar-refractivity contribution in [2.24, 2.45) is 0 Å². The third-order valence-electron chi connectivity index (χ3n) is 3.42. The van der Waals surface area contributed by atoms with Gasteiger partial charge >= 0.3 is 0 Å². The highest BCUT2D eigenvalue weighted by Crippen LogP contribution is 2.26. The Morgan fingerprint density at radius 1 is 0.870 bits per heavy atom. The Bertz CT molecular complexity index is 900. The van der Waals surface area contributed by atoms with Crippen molar-refractivity contribution < 1.29 is 0 Å². The van der Waals surface area contributed by atoms with Gasteiger partial charge in [-0.3, -0.25) is 0 Å². The maximum Gasteiger partial charge on any atom is 0.235 e. The Hall–Kier alpha value is -2.18. The van der Waals surface area contributed by atoms with Crippen LogP contribution in [-0.2, 0) is 11.5 Å². The average Bonchev–Trinajstić information content (AvgIpc) is 3.18. The molecule has 23 heavy (non-hydrogen) atoms. The highest BCUT2D eigenvalue weighted by Gasteiger charge is 2.12. The van der Waals surface area contributed by atoms with E-state index in [2.05, 4.69) is 51.7 Å². The van der Waals surface area contributed by atoms with Crippen molar-refractivity contribution in [1.82, 2.24) is 19.8 Å². The lowest BCUT2D eigenvalue weighted by molar-refractivity contribution is 0.887. The van der Waals surface area contributed by atoms with Gasteiger partial charge in [-0.2, -0.15) is 9.61 Å². The van der Waals surface area contributed by atoms with Crippen LogP contribution in [0.3, 0.4) is 0 Å². The minimum absolute atomic E-state index is 0.800. The number of benzene rings is 2. The SMILES string of the molecule is c1ccc(CSCc2nnc3sc(-c4ccccc4)nn23)cc1. The predicted octanol–water partition coefficient (Wildman–Crippen LogP) is 4.29. The largest absolute Gasteiger partial charge is 0.235 e. The first-order valence-corrected chi connectivity index (χ1v) is 9.25. The van der Waals surface area contributed by atoms with Gasteiger partial charge in [-0.15, -0.1) is 22.0 Å². The first-order chi connectivity index (χ1) is 11.4. The van der Waals surface area contributed by atoms with Crippen molar-refractivity contribution >= 4 is 28.1 Å². The highest BCUT2D eigenvalue weighted by molar-refractivity contribution is 7.97. The second kappa shape index (κ2) is 6.52. The van der Waals surface area contributed by atoms with E-state index >= 15 is 0 Å². The Morgan fingerprint density at radius 2 is 1.61 bits per heavy atom. The molecule has 2 aromatic carbocycles. The fourth-order valence-corrected chi connectivity index (χ4v) is 4.04. The molecule has 4 aromatic rings. The van der Waals surface area contributed by atoms with Gasteiger partial charge in [-0.25, -0.2) is 0 Å². The molecule has 0 fully saturated rings. The van der Waals surface area contributed by atoms with Gasteiger partial charge in [0.05, 0.1) is 5.75 Å². The van der Waals surface area contributed by atoms with Gasteiger partial charge < -0.3 is 0 Å².